The van der Waals surface area contributed by atoms with Crippen LogP contribution in [0.15, 0.2) is 11.6 Å². The lowest BCUT2D eigenvalue weighted by Gasteiger charge is -2.58. The van der Waals surface area contributed by atoms with E-state index >= 15 is 0 Å². The number of fused-ring (bicyclic) bond motifs is 7. The van der Waals surface area contributed by atoms with Crippen molar-refractivity contribution in [3.8, 4) is 0 Å². The third-order valence-corrected chi connectivity index (χ3v) is 17.7. The molecule has 63 heavy (non-hydrogen) atoms. The van der Waals surface area contributed by atoms with Gasteiger partial charge in [-0.3, -0.25) is 4.79 Å². The number of hydrogen-bond donors (Lipinski definition) is 7. The first-order chi connectivity index (χ1) is 29.9. The first-order valence-corrected chi connectivity index (χ1v) is 23.6. The first kappa shape index (κ1) is 46.7. The fraction of sp³-hybridized carbons (Fsp3) is 0.935. The van der Waals surface area contributed by atoms with Crippen LogP contribution in [0.3, 0.4) is 0 Å². The summed E-state index contributed by atoms with van der Waals surface area (Å²) in [6.07, 6.45) is -6.49. The Kier molecular flexibility index (Phi) is 12.8. The Bertz CT molecular complexity index is 1690. The number of esters is 1. The molecule has 6 unspecified atom stereocenters. The van der Waals surface area contributed by atoms with E-state index in [1.165, 1.54) is 12.5 Å². The van der Waals surface area contributed by atoms with Crippen molar-refractivity contribution < 1.29 is 83.2 Å². The molecule has 5 aliphatic heterocycles. The van der Waals surface area contributed by atoms with Gasteiger partial charge in [-0.05, 0) is 98.7 Å². The number of aliphatic hydroxyl groups excluding tert-OH is 6. The van der Waals surface area contributed by atoms with Crippen LogP contribution in [0.4, 0.5) is 0 Å². The molecule has 0 amide bonds. The Labute approximate surface area is 369 Å². The van der Waals surface area contributed by atoms with E-state index in [-0.39, 0.29) is 23.0 Å². The highest BCUT2D eigenvalue weighted by atomic mass is 16.8. The van der Waals surface area contributed by atoms with E-state index in [2.05, 4.69) is 33.8 Å². The van der Waals surface area contributed by atoms with Gasteiger partial charge in [0.25, 0.3) is 0 Å². The highest BCUT2D eigenvalue weighted by molar-refractivity contribution is 5.66. The van der Waals surface area contributed by atoms with Gasteiger partial charge in [0.15, 0.2) is 30.8 Å². The van der Waals surface area contributed by atoms with Crippen molar-refractivity contribution in [3.63, 3.8) is 0 Å². The molecule has 5 saturated heterocycles. The second-order valence-corrected chi connectivity index (χ2v) is 21.3. The lowest BCUT2D eigenvalue weighted by molar-refractivity contribution is -0.379. The SMILES string of the molecule is CC(=O)O[C@@H]1[C@@H](O)[C@@H](O)[C@H](O[C@H]2[C@H](O[C@H]3CC[C@@]4(C)C(=CCC5C6CC7OC8(CC[C@@H](C)CO8)[C@@H](C)C7[C@@]6(C)CCC54)C3)O[C@H](CO)[C@@H](O[C@@H]3OC[C@](O)(CO)[C@H]3O)[C@@H]2O)O[C@H]1C. The van der Waals surface area contributed by atoms with E-state index in [1.807, 2.05) is 0 Å². The minimum absolute atomic E-state index is 0.0308. The largest absolute Gasteiger partial charge is 0.457 e. The van der Waals surface area contributed by atoms with Crippen molar-refractivity contribution >= 4 is 5.97 Å². The van der Waals surface area contributed by atoms with E-state index in [1.54, 1.807) is 6.92 Å². The molecule has 9 rings (SSSR count). The Morgan fingerprint density at radius 1 is 0.857 bits per heavy atom. The average Bonchev–Trinajstić information content (AvgIpc) is 3.82. The smallest absolute Gasteiger partial charge is 0.303 e. The molecule has 8 fully saturated rings. The lowest BCUT2D eigenvalue weighted by atomic mass is 9.47. The van der Waals surface area contributed by atoms with Crippen LogP contribution in [0.1, 0.15) is 99.3 Å². The number of carbonyl (C=O) groups is 1. The van der Waals surface area contributed by atoms with Crippen LogP contribution < -0.4 is 0 Å². The molecule has 5 heterocycles. The van der Waals surface area contributed by atoms with Crippen molar-refractivity contribution in [1.29, 1.82) is 0 Å². The Morgan fingerprint density at radius 3 is 2.30 bits per heavy atom. The van der Waals surface area contributed by atoms with Gasteiger partial charge < -0.3 is 78.4 Å². The maximum Gasteiger partial charge on any atom is 0.303 e. The van der Waals surface area contributed by atoms with Gasteiger partial charge in [0.1, 0.15) is 48.3 Å². The van der Waals surface area contributed by atoms with Gasteiger partial charge in [-0.2, -0.15) is 0 Å². The fourth-order valence-electron chi connectivity index (χ4n) is 14.1. The molecule has 17 nitrogen and oxygen atoms in total. The third kappa shape index (κ3) is 7.78. The highest BCUT2D eigenvalue weighted by Gasteiger charge is 2.69. The molecule has 0 aromatic rings. The molecule has 17 heteroatoms. The van der Waals surface area contributed by atoms with Crippen molar-refractivity contribution in [2.75, 3.05) is 26.4 Å². The van der Waals surface area contributed by atoms with Crippen molar-refractivity contribution in [2.24, 2.45) is 46.3 Å². The lowest BCUT2D eigenvalue weighted by Crippen LogP contribution is -2.65. The summed E-state index contributed by atoms with van der Waals surface area (Å²) in [5, 5.41) is 75.9. The van der Waals surface area contributed by atoms with E-state index in [0.29, 0.717) is 48.3 Å². The maximum atomic E-state index is 12.0. The molecular formula is C46H72O17. The Morgan fingerprint density at radius 2 is 1.62 bits per heavy atom. The normalized spacial score (nSPS) is 55.4. The second kappa shape index (κ2) is 17.3. The van der Waals surface area contributed by atoms with Gasteiger partial charge >= 0.3 is 5.97 Å². The standard InChI is InChI=1S/C46H72O17/c1-21-9-14-46(56-18-21)22(2)32-30(63-46)16-29-27-8-7-25-15-26(10-12-43(25,5)28(27)11-13-44(29,32)6)59-41-38(62-40-34(51)33(50)36(23(3)57-40)58-24(4)49)35(52)37(31(17-47)60-41)61-42-39(53)45(54,19-48)20-55-42/h7,21-23,26-42,47-48,50-54H,8-20H2,1-6H3/t21-,22+,23+,26+,27?,28?,29?,30?,31-,32?,33+,34-,35+,36+,37-,38-,39+,40+,41-,42+,43+,44+,45-,46?/m1/s1. The molecule has 0 radical (unpaired) electrons. The summed E-state index contributed by atoms with van der Waals surface area (Å²) in [6, 6.07) is 0. The molecule has 1 spiro atoms. The molecule has 0 aromatic carbocycles. The average molecular weight is 897 g/mol. The van der Waals surface area contributed by atoms with Gasteiger partial charge in [-0.1, -0.05) is 39.3 Å². The summed E-state index contributed by atoms with van der Waals surface area (Å²) in [5.41, 5.74) is -0.527. The quantitative estimate of drug-likeness (QED) is 0.128. The number of allylic oxidation sites excluding steroid dienone is 1. The molecule has 3 saturated carbocycles. The van der Waals surface area contributed by atoms with Gasteiger partial charge in [0.2, 0.25) is 0 Å². The van der Waals surface area contributed by atoms with Gasteiger partial charge in [0, 0.05) is 19.3 Å². The first-order valence-electron chi connectivity index (χ1n) is 23.6. The Hall–Kier alpha value is -1.39. The summed E-state index contributed by atoms with van der Waals surface area (Å²) >= 11 is 0. The van der Waals surface area contributed by atoms with Crippen molar-refractivity contribution in [3.05, 3.63) is 11.6 Å². The second-order valence-electron chi connectivity index (χ2n) is 21.3. The van der Waals surface area contributed by atoms with Crippen LogP contribution >= 0.6 is 0 Å². The summed E-state index contributed by atoms with van der Waals surface area (Å²) in [5.74, 6) is 1.90. The molecule has 24 atom stereocenters. The summed E-state index contributed by atoms with van der Waals surface area (Å²) in [7, 11) is 0. The van der Waals surface area contributed by atoms with Crippen LogP contribution in [-0.2, 0) is 47.4 Å². The summed E-state index contributed by atoms with van der Waals surface area (Å²) < 4.78 is 55.4. The molecule has 9 aliphatic rings. The number of hydrogen-bond acceptors (Lipinski definition) is 17. The monoisotopic (exact) mass is 896 g/mol. The van der Waals surface area contributed by atoms with Crippen molar-refractivity contribution in [2.45, 2.75) is 197 Å². The van der Waals surface area contributed by atoms with Crippen molar-refractivity contribution in [1.82, 2.24) is 0 Å². The molecule has 7 N–H and O–H groups in total. The van der Waals surface area contributed by atoms with Crippen LogP contribution in [0.5, 0.6) is 0 Å². The minimum atomic E-state index is -2.03. The molecular weight excluding hydrogens is 824 g/mol. The van der Waals surface area contributed by atoms with E-state index < -0.39 is 111 Å². The number of ether oxygens (including phenoxy) is 9. The number of rotatable bonds is 9. The van der Waals surface area contributed by atoms with E-state index in [9.17, 15) is 40.5 Å². The predicted molar refractivity (Wildman–Crippen MR) is 218 cm³/mol. The fourth-order valence-corrected chi connectivity index (χ4v) is 14.1. The number of carbonyl (C=O) groups excluding carboxylic acids is 1. The zero-order chi connectivity index (χ0) is 45.0. The van der Waals surface area contributed by atoms with E-state index in [0.717, 1.165) is 51.6 Å². The van der Waals surface area contributed by atoms with Crippen LogP contribution in [-0.4, -0.2) is 166 Å². The zero-order valence-electron chi connectivity index (χ0n) is 37.5. The summed E-state index contributed by atoms with van der Waals surface area (Å²) in [6.45, 7) is 11.1. The van der Waals surface area contributed by atoms with Crippen LogP contribution in [0.25, 0.3) is 0 Å². The van der Waals surface area contributed by atoms with Crippen LogP contribution in [0.2, 0.25) is 0 Å². The molecule has 358 valence electrons. The molecule has 4 aliphatic carbocycles. The molecule has 0 aromatic heterocycles. The Balaban J connectivity index is 0.917. The zero-order valence-corrected chi connectivity index (χ0v) is 37.5. The number of aliphatic hydroxyl groups is 7. The van der Waals surface area contributed by atoms with Crippen LogP contribution in [0, 0.1) is 46.3 Å². The third-order valence-electron chi connectivity index (χ3n) is 17.7. The van der Waals surface area contributed by atoms with Gasteiger partial charge in [-0.15, -0.1) is 0 Å². The van der Waals surface area contributed by atoms with Gasteiger partial charge in [-0.25, -0.2) is 0 Å². The maximum absolute atomic E-state index is 12.0. The predicted octanol–water partition coefficient (Wildman–Crippen LogP) is 1.43. The minimum Gasteiger partial charge on any atom is -0.457 e. The summed E-state index contributed by atoms with van der Waals surface area (Å²) in [4.78, 5) is 11.8. The molecule has 0 bridgehead atoms. The van der Waals surface area contributed by atoms with E-state index in [4.69, 9.17) is 42.6 Å². The highest BCUT2D eigenvalue weighted by Crippen LogP contribution is 2.70. The van der Waals surface area contributed by atoms with Gasteiger partial charge in [0.05, 0.1) is 44.7 Å². The topological polar surface area (TPSA) is 242 Å².